The van der Waals surface area contributed by atoms with Crippen molar-refractivity contribution in [2.75, 3.05) is 26.2 Å². The van der Waals surface area contributed by atoms with Gasteiger partial charge in [0.1, 0.15) is 5.75 Å². The van der Waals surface area contributed by atoms with Gasteiger partial charge in [0, 0.05) is 56.6 Å². The van der Waals surface area contributed by atoms with Crippen LogP contribution in [-0.4, -0.2) is 62.7 Å². The molecule has 6 rings (SSSR count). The molecule has 0 unspecified atom stereocenters. The normalized spacial score (nSPS) is 16.5. The molecule has 1 saturated heterocycles. The van der Waals surface area contributed by atoms with Gasteiger partial charge in [-0.15, -0.1) is 0 Å². The van der Waals surface area contributed by atoms with Gasteiger partial charge in [-0.2, -0.15) is 0 Å². The molecule has 3 aromatic carbocycles. The minimum Gasteiger partial charge on any atom is -0.506 e. The summed E-state index contributed by atoms with van der Waals surface area (Å²) in [6.45, 7) is 5.05. The number of ketones is 2. The fourth-order valence-corrected chi connectivity index (χ4v) is 5.31. The number of nitrogens with zero attached hydrogens (tertiary/aromatic N) is 2. The first-order valence-electron chi connectivity index (χ1n) is 11.8. The van der Waals surface area contributed by atoms with Crippen molar-refractivity contribution in [3.63, 3.8) is 0 Å². The second-order valence-electron chi connectivity index (χ2n) is 9.25. The van der Waals surface area contributed by atoms with E-state index in [1.807, 2.05) is 6.07 Å². The van der Waals surface area contributed by atoms with Crippen LogP contribution < -0.4 is 0 Å². The average molecular weight is 468 g/mol. The van der Waals surface area contributed by atoms with Gasteiger partial charge < -0.3 is 15.2 Å². The molecule has 7 nitrogen and oxygen atoms in total. The number of phenolic OH excluding ortho intramolecular Hbond substituents is 2. The monoisotopic (exact) mass is 467 g/mol. The first-order valence-corrected chi connectivity index (χ1v) is 11.8. The Morgan fingerprint density at radius 1 is 0.714 bits per heavy atom. The van der Waals surface area contributed by atoms with Crippen LogP contribution in [0.2, 0.25) is 0 Å². The number of carbonyl (C=O) groups excluding carboxylic acids is 2. The van der Waals surface area contributed by atoms with Crippen LogP contribution in [0.1, 0.15) is 43.0 Å². The molecule has 0 amide bonds. The summed E-state index contributed by atoms with van der Waals surface area (Å²) in [7, 11) is 0. The minimum atomic E-state index is -0.462. The Balaban J connectivity index is 1.28. The summed E-state index contributed by atoms with van der Waals surface area (Å²) in [5, 5.41) is 22.6. The zero-order valence-electron chi connectivity index (χ0n) is 19.1. The highest BCUT2D eigenvalue weighted by molar-refractivity contribution is 6.32. The molecule has 1 aliphatic heterocycles. The van der Waals surface area contributed by atoms with Gasteiger partial charge in [0.25, 0.3) is 0 Å². The van der Waals surface area contributed by atoms with Crippen molar-refractivity contribution in [1.82, 2.24) is 14.8 Å². The Morgan fingerprint density at radius 2 is 1.26 bits per heavy atom. The molecular weight excluding hydrogens is 442 g/mol. The summed E-state index contributed by atoms with van der Waals surface area (Å²) in [6, 6.07) is 16.9. The number of fused-ring (bicyclic) bond motifs is 3. The number of hydrogen-bond donors (Lipinski definition) is 3. The summed E-state index contributed by atoms with van der Waals surface area (Å²) in [5.74, 6) is -1.46. The lowest BCUT2D eigenvalue weighted by Crippen LogP contribution is -2.45. The van der Waals surface area contributed by atoms with Gasteiger partial charge in [-0.1, -0.05) is 54.6 Å². The van der Waals surface area contributed by atoms with E-state index < -0.39 is 11.6 Å². The third-order valence-corrected chi connectivity index (χ3v) is 7.14. The number of nitrogens with one attached hydrogen (secondary N) is 1. The van der Waals surface area contributed by atoms with Crippen molar-refractivity contribution in [2.45, 2.75) is 13.1 Å². The number of phenols is 2. The molecule has 2 aliphatic rings. The molecule has 7 heteroatoms. The van der Waals surface area contributed by atoms with Crippen molar-refractivity contribution >= 4 is 22.5 Å². The predicted molar refractivity (Wildman–Crippen MR) is 132 cm³/mol. The van der Waals surface area contributed by atoms with Gasteiger partial charge in [-0.3, -0.25) is 19.4 Å². The zero-order valence-corrected chi connectivity index (χ0v) is 19.1. The van der Waals surface area contributed by atoms with Crippen molar-refractivity contribution in [1.29, 1.82) is 0 Å². The maximum atomic E-state index is 13.2. The maximum Gasteiger partial charge on any atom is 0.198 e. The number of aromatic hydroxyl groups is 2. The van der Waals surface area contributed by atoms with Gasteiger partial charge in [0.2, 0.25) is 0 Å². The molecule has 2 heterocycles. The smallest absolute Gasteiger partial charge is 0.198 e. The number of piperazine rings is 1. The molecule has 35 heavy (non-hydrogen) atoms. The van der Waals surface area contributed by atoms with E-state index >= 15 is 0 Å². The van der Waals surface area contributed by atoms with E-state index in [-0.39, 0.29) is 39.3 Å². The largest absolute Gasteiger partial charge is 0.506 e. The van der Waals surface area contributed by atoms with Crippen LogP contribution in [0.4, 0.5) is 0 Å². The van der Waals surface area contributed by atoms with Crippen LogP contribution in [0.3, 0.4) is 0 Å². The zero-order chi connectivity index (χ0) is 24.1. The van der Waals surface area contributed by atoms with Gasteiger partial charge in [-0.25, -0.2) is 0 Å². The molecule has 176 valence electrons. The number of benzene rings is 3. The number of aromatic amines is 1. The Hall–Kier alpha value is -3.94. The minimum absolute atomic E-state index is 0.118. The van der Waals surface area contributed by atoms with Crippen LogP contribution in [0.15, 0.2) is 60.8 Å². The molecule has 3 N–H and O–H groups in total. The average Bonchev–Trinajstić information content (AvgIpc) is 3.31. The van der Waals surface area contributed by atoms with E-state index in [0.717, 1.165) is 38.3 Å². The fourth-order valence-electron chi connectivity index (χ4n) is 5.31. The molecule has 0 bridgehead atoms. The topological polar surface area (TPSA) is 96.9 Å². The number of aromatic nitrogens is 1. The molecule has 1 fully saturated rings. The van der Waals surface area contributed by atoms with Crippen LogP contribution in [-0.2, 0) is 13.1 Å². The highest BCUT2D eigenvalue weighted by atomic mass is 16.3. The molecule has 0 radical (unpaired) electrons. The summed E-state index contributed by atoms with van der Waals surface area (Å²) in [4.78, 5) is 34.1. The third-order valence-electron chi connectivity index (χ3n) is 7.14. The summed E-state index contributed by atoms with van der Waals surface area (Å²) < 4.78 is 0. The Kier molecular flexibility index (Phi) is 5.16. The van der Waals surface area contributed by atoms with E-state index in [9.17, 15) is 19.8 Å². The van der Waals surface area contributed by atoms with Crippen molar-refractivity contribution in [3.05, 3.63) is 94.2 Å². The van der Waals surface area contributed by atoms with Crippen LogP contribution >= 0.6 is 0 Å². The number of rotatable bonds is 4. The summed E-state index contributed by atoms with van der Waals surface area (Å²) in [5.41, 5.74) is 2.58. The summed E-state index contributed by atoms with van der Waals surface area (Å²) >= 11 is 0. The first-order chi connectivity index (χ1) is 17.0. The Labute approximate surface area is 202 Å². The van der Waals surface area contributed by atoms with Crippen LogP contribution in [0.5, 0.6) is 11.5 Å². The van der Waals surface area contributed by atoms with Crippen molar-refractivity contribution in [3.8, 4) is 11.5 Å². The lowest BCUT2D eigenvalue weighted by atomic mass is 9.82. The molecule has 0 atom stereocenters. The highest BCUT2D eigenvalue weighted by Crippen LogP contribution is 2.45. The molecule has 0 spiro atoms. The fraction of sp³-hybridized carbons (Fsp3) is 0.214. The van der Waals surface area contributed by atoms with E-state index in [1.54, 1.807) is 30.5 Å². The molecule has 1 aliphatic carbocycles. The first kappa shape index (κ1) is 21.6. The van der Waals surface area contributed by atoms with E-state index in [4.69, 9.17) is 0 Å². The lowest BCUT2D eigenvalue weighted by Gasteiger charge is -2.34. The second kappa shape index (κ2) is 8.37. The maximum absolute atomic E-state index is 13.2. The quantitative estimate of drug-likeness (QED) is 0.349. The van der Waals surface area contributed by atoms with Crippen molar-refractivity contribution in [2.24, 2.45) is 0 Å². The van der Waals surface area contributed by atoms with Gasteiger partial charge in [0.05, 0.1) is 22.0 Å². The van der Waals surface area contributed by atoms with E-state index in [0.29, 0.717) is 11.9 Å². The standard InChI is InChI=1S/C28H25N3O4/c32-25-19-8-4-5-9-20(19)26(33)23-22(25)27(34)21-18(14-29-24(21)28(23)35)16-31-12-10-30(11-13-31)15-17-6-2-1-3-7-17/h1-9,14,29,34-35H,10-13,15-16H2. The molecule has 4 aromatic rings. The predicted octanol–water partition coefficient (Wildman–Crippen LogP) is 3.67. The molecular formula is C28H25N3O4. The van der Waals surface area contributed by atoms with E-state index in [2.05, 4.69) is 39.0 Å². The van der Waals surface area contributed by atoms with Gasteiger partial charge in [0.15, 0.2) is 17.3 Å². The van der Waals surface area contributed by atoms with E-state index in [1.165, 1.54) is 5.56 Å². The number of H-pyrrole nitrogens is 1. The third kappa shape index (κ3) is 3.51. The Morgan fingerprint density at radius 3 is 1.89 bits per heavy atom. The highest BCUT2D eigenvalue weighted by Gasteiger charge is 2.37. The van der Waals surface area contributed by atoms with Crippen LogP contribution in [0.25, 0.3) is 10.9 Å². The molecule has 0 saturated carbocycles. The lowest BCUT2D eigenvalue weighted by molar-refractivity contribution is 0.0974. The molecule has 1 aromatic heterocycles. The van der Waals surface area contributed by atoms with Gasteiger partial charge >= 0.3 is 0 Å². The number of hydrogen-bond acceptors (Lipinski definition) is 6. The van der Waals surface area contributed by atoms with Gasteiger partial charge in [-0.05, 0) is 11.1 Å². The summed E-state index contributed by atoms with van der Waals surface area (Å²) in [6.07, 6.45) is 1.74. The Bertz CT molecular complexity index is 1470. The van der Waals surface area contributed by atoms with Crippen molar-refractivity contribution < 1.29 is 19.8 Å². The van der Waals surface area contributed by atoms with Crippen LogP contribution in [0, 0.1) is 0 Å². The second-order valence-corrected chi connectivity index (χ2v) is 9.25. The number of carbonyl (C=O) groups is 2. The SMILES string of the molecule is O=C1c2ccccc2C(=O)c2c1c(O)c1[nH]cc(CN3CCN(Cc4ccccc4)CC3)c1c2O.